The van der Waals surface area contributed by atoms with E-state index in [1.54, 1.807) is 0 Å². The summed E-state index contributed by atoms with van der Waals surface area (Å²) in [5, 5.41) is 3.06. The van der Waals surface area contributed by atoms with E-state index in [1.807, 2.05) is 17.0 Å². The highest BCUT2D eigenvalue weighted by atomic mass is 16.2. The molecule has 3 saturated carbocycles. The number of nitrogens with two attached hydrogens (primary N) is 1. The minimum absolute atomic E-state index is 0.0274. The highest BCUT2D eigenvalue weighted by Gasteiger charge is 2.47. The zero-order valence-corrected chi connectivity index (χ0v) is 15.7. The molecule has 0 unspecified atom stereocenters. The number of anilines is 1. The van der Waals surface area contributed by atoms with Crippen molar-refractivity contribution in [3.05, 3.63) is 65.2 Å². The summed E-state index contributed by atoms with van der Waals surface area (Å²) >= 11 is 0. The smallest absolute Gasteiger partial charge is 0.322 e. The van der Waals surface area contributed by atoms with E-state index in [-0.39, 0.29) is 11.6 Å². The predicted octanol–water partition coefficient (Wildman–Crippen LogP) is 4.54. The SMILES string of the molecule is NC12CCC(c3ccc(NC(=O)N4Cc5ccccc5C4)cc3)(CC1)CC2. The van der Waals surface area contributed by atoms with Gasteiger partial charge < -0.3 is 16.0 Å². The van der Waals surface area contributed by atoms with Crippen LogP contribution in [0.1, 0.15) is 55.2 Å². The third kappa shape index (κ3) is 2.92. The first-order valence-electron chi connectivity index (χ1n) is 10.1. The van der Waals surface area contributed by atoms with E-state index in [9.17, 15) is 4.79 Å². The quantitative estimate of drug-likeness (QED) is 0.825. The summed E-state index contributed by atoms with van der Waals surface area (Å²) in [7, 11) is 0. The molecule has 4 aliphatic rings. The molecule has 2 aromatic carbocycles. The van der Waals surface area contributed by atoms with Crippen LogP contribution in [-0.2, 0) is 18.5 Å². The molecule has 0 radical (unpaired) electrons. The van der Waals surface area contributed by atoms with Gasteiger partial charge >= 0.3 is 6.03 Å². The fourth-order valence-corrected chi connectivity index (χ4v) is 5.23. The van der Waals surface area contributed by atoms with Crippen LogP contribution in [0.3, 0.4) is 0 Å². The van der Waals surface area contributed by atoms with Gasteiger partial charge in [0.05, 0.1) is 0 Å². The number of urea groups is 1. The topological polar surface area (TPSA) is 58.4 Å². The summed E-state index contributed by atoms with van der Waals surface area (Å²) in [5.74, 6) is 0. The maximum Gasteiger partial charge on any atom is 0.322 e. The van der Waals surface area contributed by atoms with Crippen molar-refractivity contribution in [1.29, 1.82) is 0 Å². The highest BCUT2D eigenvalue weighted by molar-refractivity contribution is 5.89. The van der Waals surface area contributed by atoms with Crippen LogP contribution in [0.25, 0.3) is 0 Å². The predicted molar refractivity (Wildman–Crippen MR) is 107 cm³/mol. The van der Waals surface area contributed by atoms with Gasteiger partial charge in [-0.15, -0.1) is 0 Å². The summed E-state index contributed by atoms with van der Waals surface area (Å²) in [6, 6.07) is 16.8. The zero-order chi connectivity index (χ0) is 18.5. The number of nitrogens with zero attached hydrogens (tertiary/aromatic N) is 1. The second kappa shape index (κ2) is 6.10. The summed E-state index contributed by atoms with van der Waals surface area (Å²) in [6.45, 7) is 1.37. The molecule has 3 aliphatic carbocycles. The lowest BCUT2D eigenvalue weighted by molar-refractivity contribution is 0.107. The summed E-state index contributed by atoms with van der Waals surface area (Å²) < 4.78 is 0. The number of benzene rings is 2. The second-order valence-electron chi connectivity index (χ2n) is 8.77. The van der Waals surface area contributed by atoms with Crippen molar-refractivity contribution in [3.63, 3.8) is 0 Å². The molecule has 0 spiro atoms. The number of hydrogen-bond donors (Lipinski definition) is 2. The van der Waals surface area contributed by atoms with E-state index in [1.165, 1.54) is 36.0 Å². The monoisotopic (exact) mass is 361 g/mol. The molecule has 27 heavy (non-hydrogen) atoms. The molecule has 2 amide bonds. The Hall–Kier alpha value is -2.33. The molecular formula is C23H27N3O. The van der Waals surface area contributed by atoms with Crippen molar-refractivity contribution in [2.24, 2.45) is 5.73 Å². The maximum absolute atomic E-state index is 12.6. The average Bonchev–Trinajstić information content (AvgIpc) is 3.14. The van der Waals surface area contributed by atoms with Crippen LogP contribution in [0.2, 0.25) is 0 Å². The molecule has 1 aliphatic heterocycles. The zero-order valence-electron chi connectivity index (χ0n) is 15.7. The Balaban J connectivity index is 1.26. The van der Waals surface area contributed by atoms with Crippen LogP contribution in [0.4, 0.5) is 10.5 Å². The molecule has 4 heteroatoms. The van der Waals surface area contributed by atoms with E-state index in [0.29, 0.717) is 18.5 Å². The standard InChI is InChI=1S/C23H27N3O/c24-23-12-9-22(10-13-23,11-14-23)19-5-7-20(8-6-19)25-21(27)26-15-17-3-1-2-4-18(17)16-26/h1-8H,9-16,24H2,(H,25,27). The molecule has 0 saturated heterocycles. The van der Waals surface area contributed by atoms with Crippen LogP contribution in [-0.4, -0.2) is 16.5 Å². The van der Waals surface area contributed by atoms with Crippen LogP contribution in [0.15, 0.2) is 48.5 Å². The number of nitrogens with one attached hydrogen (secondary N) is 1. The maximum atomic E-state index is 12.6. The molecule has 3 N–H and O–H groups in total. The fourth-order valence-electron chi connectivity index (χ4n) is 5.23. The van der Waals surface area contributed by atoms with Gasteiger partial charge in [0.2, 0.25) is 0 Å². The molecule has 3 fully saturated rings. The summed E-state index contributed by atoms with van der Waals surface area (Å²) in [5.41, 5.74) is 11.6. The van der Waals surface area contributed by atoms with Crippen LogP contribution < -0.4 is 11.1 Å². The van der Waals surface area contributed by atoms with Crippen molar-refractivity contribution in [3.8, 4) is 0 Å². The van der Waals surface area contributed by atoms with Crippen LogP contribution in [0.5, 0.6) is 0 Å². The lowest BCUT2D eigenvalue weighted by Gasteiger charge is -2.52. The molecular weight excluding hydrogens is 334 g/mol. The lowest BCUT2D eigenvalue weighted by Crippen LogP contribution is -2.53. The van der Waals surface area contributed by atoms with Gasteiger partial charge in [-0.3, -0.25) is 0 Å². The largest absolute Gasteiger partial charge is 0.325 e. The highest BCUT2D eigenvalue weighted by Crippen LogP contribution is 2.52. The number of carbonyl (C=O) groups is 1. The van der Waals surface area contributed by atoms with Crippen molar-refractivity contribution in [2.75, 3.05) is 5.32 Å². The molecule has 1 heterocycles. The Bertz CT molecular complexity index is 824. The lowest BCUT2D eigenvalue weighted by atomic mass is 9.55. The molecule has 0 atom stereocenters. The third-order valence-electron chi connectivity index (χ3n) is 7.18. The first-order valence-corrected chi connectivity index (χ1v) is 10.1. The Morgan fingerprint density at radius 2 is 1.41 bits per heavy atom. The number of hydrogen-bond acceptors (Lipinski definition) is 2. The molecule has 140 valence electrons. The van der Waals surface area contributed by atoms with Crippen molar-refractivity contribution in [1.82, 2.24) is 4.90 Å². The van der Waals surface area contributed by atoms with Gasteiger partial charge in [-0.25, -0.2) is 4.79 Å². The van der Waals surface area contributed by atoms with Gasteiger partial charge in [-0.1, -0.05) is 36.4 Å². The Labute approximate surface area is 160 Å². The first-order chi connectivity index (χ1) is 13.1. The van der Waals surface area contributed by atoms with E-state index in [4.69, 9.17) is 5.73 Å². The first kappa shape index (κ1) is 16.8. The number of fused-ring (bicyclic) bond motifs is 4. The van der Waals surface area contributed by atoms with E-state index >= 15 is 0 Å². The van der Waals surface area contributed by atoms with Crippen molar-refractivity contribution < 1.29 is 4.79 Å². The minimum Gasteiger partial charge on any atom is -0.325 e. The van der Waals surface area contributed by atoms with Gasteiger partial charge in [0.25, 0.3) is 0 Å². The van der Waals surface area contributed by atoms with Gasteiger partial charge in [-0.05, 0) is 72.8 Å². The Morgan fingerprint density at radius 3 is 1.96 bits per heavy atom. The molecule has 0 aromatic heterocycles. The number of rotatable bonds is 2. The number of amides is 2. The summed E-state index contributed by atoms with van der Waals surface area (Å²) in [4.78, 5) is 14.5. The Morgan fingerprint density at radius 1 is 0.852 bits per heavy atom. The van der Waals surface area contributed by atoms with Gasteiger partial charge in [-0.2, -0.15) is 0 Å². The average molecular weight is 361 g/mol. The van der Waals surface area contributed by atoms with E-state index in [2.05, 4.69) is 41.7 Å². The Kier molecular flexibility index (Phi) is 3.80. The molecule has 2 aromatic rings. The van der Waals surface area contributed by atoms with Crippen LogP contribution >= 0.6 is 0 Å². The van der Waals surface area contributed by atoms with Gasteiger partial charge in [0.1, 0.15) is 0 Å². The second-order valence-corrected chi connectivity index (χ2v) is 8.77. The number of carbonyl (C=O) groups excluding carboxylic acids is 1. The minimum atomic E-state index is -0.0274. The molecule has 6 rings (SSSR count). The van der Waals surface area contributed by atoms with Crippen LogP contribution in [0, 0.1) is 0 Å². The third-order valence-corrected chi connectivity index (χ3v) is 7.18. The fraction of sp³-hybridized carbons (Fsp3) is 0.435. The normalized spacial score (nSPS) is 28.9. The van der Waals surface area contributed by atoms with Gasteiger partial charge in [0, 0.05) is 24.3 Å². The van der Waals surface area contributed by atoms with Crippen molar-refractivity contribution in [2.45, 2.75) is 62.6 Å². The molecule has 2 bridgehead atoms. The molecule has 4 nitrogen and oxygen atoms in total. The van der Waals surface area contributed by atoms with E-state index in [0.717, 1.165) is 24.9 Å². The van der Waals surface area contributed by atoms with Crippen molar-refractivity contribution >= 4 is 11.7 Å². The van der Waals surface area contributed by atoms with E-state index < -0.39 is 0 Å². The van der Waals surface area contributed by atoms with Gasteiger partial charge in [0.15, 0.2) is 0 Å². The summed E-state index contributed by atoms with van der Waals surface area (Å²) in [6.07, 6.45) is 7.01.